The van der Waals surface area contributed by atoms with Crippen molar-refractivity contribution < 1.29 is 0 Å². The molecule has 40 heavy (non-hydrogen) atoms. The standard InChI is InChI=1S/C38H25NS/c1-3-16-28-26(12-1)14-9-23-34(28)39(35-24-10-15-27-13-2-4-17-29(27)35)36-22-7-5-18-30(36)32-20-11-21-33-31-19-6-8-25-37(31)40-38(32)33/h1-25H. The summed E-state index contributed by atoms with van der Waals surface area (Å²) in [5.74, 6) is 0. The first-order valence-corrected chi connectivity index (χ1v) is 14.4. The molecule has 0 atom stereocenters. The van der Waals surface area contributed by atoms with Crippen molar-refractivity contribution in [1.82, 2.24) is 0 Å². The second-order valence-corrected chi connectivity index (χ2v) is 11.2. The Morgan fingerprint density at radius 3 is 1.55 bits per heavy atom. The lowest BCUT2D eigenvalue weighted by Crippen LogP contribution is -2.12. The van der Waals surface area contributed by atoms with Gasteiger partial charge in [-0.3, -0.25) is 0 Å². The van der Waals surface area contributed by atoms with Gasteiger partial charge in [-0.05, 0) is 35.0 Å². The Morgan fingerprint density at radius 1 is 0.350 bits per heavy atom. The lowest BCUT2D eigenvalue weighted by atomic mass is 9.98. The summed E-state index contributed by atoms with van der Waals surface area (Å²) in [4.78, 5) is 2.46. The number of hydrogen-bond acceptors (Lipinski definition) is 2. The van der Waals surface area contributed by atoms with E-state index in [1.54, 1.807) is 0 Å². The molecule has 0 radical (unpaired) electrons. The number of thiophene rings is 1. The number of fused-ring (bicyclic) bond motifs is 5. The molecule has 1 nitrogen and oxygen atoms in total. The summed E-state index contributed by atoms with van der Waals surface area (Å²) < 4.78 is 2.65. The van der Waals surface area contributed by atoms with E-state index in [0.717, 1.165) is 0 Å². The van der Waals surface area contributed by atoms with E-state index in [2.05, 4.69) is 157 Å². The van der Waals surface area contributed by atoms with Crippen LogP contribution in [0.3, 0.4) is 0 Å². The van der Waals surface area contributed by atoms with Crippen LogP contribution in [-0.4, -0.2) is 0 Å². The number of hydrogen-bond donors (Lipinski definition) is 0. The Morgan fingerprint density at radius 2 is 0.825 bits per heavy atom. The van der Waals surface area contributed by atoms with Crippen molar-refractivity contribution in [2.45, 2.75) is 0 Å². The predicted octanol–water partition coefficient (Wildman–Crippen LogP) is 11.5. The number of anilines is 3. The van der Waals surface area contributed by atoms with Gasteiger partial charge < -0.3 is 4.90 Å². The molecule has 0 saturated heterocycles. The van der Waals surface area contributed by atoms with Crippen LogP contribution in [0.2, 0.25) is 0 Å². The summed E-state index contributed by atoms with van der Waals surface area (Å²) in [7, 11) is 0. The monoisotopic (exact) mass is 527 g/mol. The Bertz CT molecular complexity index is 2100. The zero-order valence-corrected chi connectivity index (χ0v) is 22.6. The van der Waals surface area contributed by atoms with Gasteiger partial charge in [0.05, 0.1) is 17.1 Å². The molecule has 1 heterocycles. The molecule has 0 fully saturated rings. The summed E-state index contributed by atoms with van der Waals surface area (Å²) in [5.41, 5.74) is 6.00. The Kier molecular flexibility index (Phi) is 5.39. The van der Waals surface area contributed by atoms with Crippen molar-refractivity contribution in [3.8, 4) is 11.1 Å². The van der Waals surface area contributed by atoms with E-state index in [1.165, 1.54) is 69.9 Å². The zero-order chi connectivity index (χ0) is 26.5. The van der Waals surface area contributed by atoms with Gasteiger partial charge >= 0.3 is 0 Å². The third-order valence-corrected chi connectivity index (χ3v) is 9.07. The SMILES string of the molecule is c1ccc(N(c2cccc3ccccc23)c2cccc3ccccc23)c(-c2cccc3c2sc2ccccc23)c1. The second-order valence-electron chi connectivity index (χ2n) is 10.1. The molecule has 0 amide bonds. The molecule has 1 aromatic heterocycles. The first-order chi connectivity index (χ1) is 19.9. The van der Waals surface area contributed by atoms with Crippen LogP contribution in [-0.2, 0) is 0 Å². The van der Waals surface area contributed by atoms with Crippen molar-refractivity contribution in [3.05, 3.63) is 152 Å². The molecule has 0 saturated carbocycles. The Hall–Kier alpha value is -4.92. The lowest BCUT2D eigenvalue weighted by molar-refractivity contribution is 1.31. The summed E-state index contributed by atoms with van der Waals surface area (Å²) >= 11 is 1.88. The fraction of sp³-hybridized carbons (Fsp3) is 0. The zero-order valence-electron chi connectivity index (χ0n) is 21.8. The smallest absolute Gasteiger partial charge is 0.0541 e. The van der Waals surface area contributed by atoms with Gasteiger partial charge in [-0.15, -0.1) is 11.3 Å². The van der Waals surface area contributed by atoms with E-state index in [9.17, 15) is 0 Å². The average Bonchev–Trinajstić information content (AvgIpc) is 3.41. The van der Waals surface area contributed by atoms with Crippen molar-refractivity contribution >= 4 is 70.1 Å². The molecule has 0 aliphatic carbocycles. The minimum Gasteiger partial charge on any atom is -0.309 e. The summed E-state index contributed by atoms with van der Waals surface area (Å²) in [5, 5.41) is 7.56. The second kappa shape index (κ2) is 9.37. The molecule has 0 aliphatic heterocycles. The maximum Gasteiger partial charge on any atom is 0.0541 e. The largest absolute Gasteiger partial charge is 0.309 e. The molecule has 0 unspecified atom stereocenters. The van der Waals surface area contributed by atoms with Crippen LogP contribution < -0.4 is 4.90 Å². The molecule has 7 aromatic carbocycles. The molecule has 0 spiro atoms. The number of benzene rings is 7. The molecular formula is C38H25NS. The van der Waals surface area contributed by atoms with E-state index in [1.807, 2.05) is 11.3 Å². The van der Waals surface area contributed by atoms with Crippen LogP contribution in [0.4, 0.5) is 17.1 Å². The van der Waals surface area contributed by atoms with Crippen molar-refractivity contribution in [1.29, 1.82) is 0 Å². The van der Waals surface area contributed by atoms with Crippen LogP contribution in [0.15, 0.2) is 152 Å². The van der Waals surface area contributed by atoms with Crippen molar-refractivity contribution in [3.63, 3.8) is 0 Å². The molecule has 0 bridgehead atoms. The van der Waals surface area contributed by atoms with Crippen LogP contribution in [0.5, 0.6) is 0 Å². The highest BCUT2D eigenvalue weighted by Crippen LogP contribution is 2.48. The third-order valence-electron chi connectivity index (χ3n) is 7.85. The normalized spacial score (nSPS) is 11.5. The van der Waals surface area contributed by atoms with Gasteiger partial charge in [0, 0.05) is 42.1 Å². The molecule has 2 heteroatoms. The Balaban J connectivity index is 1.47. The fourth-order valence-electron chi connectivity index (χ4n) is 6.05. The summed E-state index contributed by atoms with van der Waals surface area (Å²) in [6, 6.07) is 55.0. The fourth-order valence-corrected chi connectivity index (χ4v) is 7.28. The third kappa shape index (κ3) is 3.61. The molecule has 8 rings (SSSR count). The average molecular weight is 528 g/mol. The summed E-state index contributed by atoms with van der Waals surface area (Å²) in [6.45, 7) is 0. The van der Waals surface area contributed by atoms with Gasteiger partial charge in [-0.1, -0.05) is 127 Å². The van der Waals surface area contributed by atoms with E-state index < -0.39 is 0 Å². The van der Waals surface area contributed by atoms with E-state index in [0.29, 0.717) is 0 Å². The van der Waals surface area contributed by atoms with Crippen molar-refractivity contribution in [2.24, 2.45) is 0 Å². The predicted molar refractivity (Wildman–Crippen MR) is 174 cm³/mol. The van der Waals surface area contributed by atoms with Gasteiger partial charge in [0.25, 0.3) is 0 Å². The maximum absolute atomic E-state index is 2.46. The summed E-state index contributed by atoms with van der Waals surface area (Å²) in [6.07, 6.45) is 0. The van der Waals surface area contributed by atoms with Gasteiger partial charge in [0.2, 0.25) is 0 Å². The molecule has 8 aromatic rings. The Labute approximate surface area is 237 Å². The van der Waals surface area contributed by atoms with Crippen LogP contribution in [0.1, 0.15) is 0 Å². The number of para-hydroxylation sites is 1. The molecule has 188 valence electrons. The minimum atomic E-state index is 1.17. The van der Waals surface area contributed by atoms with Crippen LogP contribution >= 0.6 is 11.3 Å². The van der Waals surface area contributed by atoms with Gasteiger partial charge in [-0.2, -0.15) is 0 Å². The van der Waals surface area contributed by atoms with Crippen LogP contribution in [0.25, 0.3) is 52.8 Å². The van der Waals surface area contributed by atoms with E-state index >= 15 is 0 Å². The maximum atomic E-state index is 2.46. The highest BCUT2D eigenvalue weighted by atomic mass is 32.1. The molecular weight excluding hydrogens is 502 g/mol. The highest BCUT2D eigenvalue weighted by molar-refractivity contribution is 7.26. The van der Waals surface area contributed by atoms with Crippen molar-refractivity contribution in [2.75, 3.05) is 4.90 Å². The molecule has 0 aliphatic rings. The quantitative estimate of drug-likeness (QED) is 0.220. The number of rotatable bonds is 4. The van der Waals surface area contributed by atoms with Gasteiger partial charge in [0.1, 0.15) is 0 Å². The van der Waals surface area contributed by atoms with Gasteiger partial charge in [0.15, 0.2) is 0 Å². The molecule has 0 N–H and O–H groups in total. The first kappa shape index (κ1) is 23.0. The first-order valence-electron chi connectivity index (χ1n) is 13.6. The topological polar surface area (TPSA) is 3.24 Å². The lowest BCUT2D eigenvalue weighted by Gasteiger charge is -2.30. The van der Waals surface area contributed by atoms with Crippen LogP contribution in [0, 0.1) is 0 Å². The van der Waals surface area contributed by atoms with Gasteiger partial charge in [-0.25, -0.2) is 0 Å². The minimum absolute atomic E-state index is 1.17. The highest BCUT2D eigenvalue weighted by Gasteiger charge is 2.22. The van der Waals surface area contributed by atoms with E-state index in [-0.39, 0.29) is 0 Å². The van der Waals surface area contributed by atoms with E-state index in [4.69, 9.17) is 0 Å². The number of nitrogens with zero attached hydrogens (tertiary/aromatic N) is 1.